The highest BCUT2D eigenvalue weighted by Gasteiger charge is 2.18. The largest absolute Gasteiger partial charge is 0.192 e. The molecular formula is C17H14ClNS. The molecule has 3 heteroatoms. The first kappa shape index (κ1) is 14.7. The van der Waals surface area contributed by atoms with Gasteiger partial charge in [0.1, 0.15) is 4.34 Å². The van der Waals surface area contributed by atoms with Gasteiger partial charge in [-0.1, -0.05) is 44.2 Å². The van der Waals surface area contributed by atoms with Crippen molar-refractivity contribution in [1.82, 2.24) is 0 Å². The molecule has 100 valence electrons. The molecule has 0 spiro atoms. The Kier molecular flexibility index (Phi) is 4.19. The molecule has 0 N–H and O–H groups in total. The third-order valence-electron chi connectivity index (χ3n) is 2.78. The van der Waals surface area contributed by atoms with Crippen molar-refractivity contribution in [3.05, 3.63) is 56.2 Å². The molecule has 0 aliphatic carbocycles. The lowest BCUT2D eigenvalue weighted by Gasteiger charge is -2.14. The zero-order chi connectivity index (χ0) is 14.8. The number of nitrogens with zero attached hydrogens (tertiary/aromatic N) is 1. The van der Waals surface area contributed by atoms with Gasteiger partial charge in [-0.3, -0.25) is 0 Å². The molecule has 0 unspecified atom stereocenters. The number of rotatable bonds is 0. The molecule has 0 fully saturated rings. The van der Waals surface area contributed by atoms with E-state index in [4.69, 9.17) is 16.9 Å². The second-order valence-electron chi connectivity index (χ2n) is 5.49. The van der Waals surface area contributed by atoms with E-state index in [2.05, 4.69) is 44.7 Å². The third-order valence-corrected chi connectivity index (χ3v) is 4.57. The van der Waals surface area contributed by atoms with Gasteiger partial charge in [0.15, 0.2) is 0 Å². The van der Waals surface area contributed by atoms with Crippen LogP contribution in [0.15, 0.2) is 30.3 Å². The molecule has 1 heterocycles. The lowest BCUT2D eigenvalue weighted by atomic mass is 9.94. The highest BCUT2D eigenvalue weighted by Crippen LogP contribution is 2.35. The Labute approximate surface area is 128 Å². The topological polar surface area (TPSA) is 23.8 Å². The summed E-state index contributed by atoms with van der Waals surface area (Å²) >= 11 is 7.82. The van der Waals surface area contributed by atoms with E-state index in [0.717, 1.165) is 15.5 Å². The van der Waals surface area contributed by atoms with Crippen LogP contribution in [0.1, 0.15) is 42.3 Å². The molecule has 0 saturated heterocycles. The van der Waals surface area contributed by atoms with Crippen molar-refractivity contribution >= 4 is 22.9 Å². The highest BCUT2D eigenvalue weighted by atomic mass is 35.5. The number of hydrogen-bond acceptors (Lipinski definition) is 2. The van der Waals surface area contributed by atoms with Gasteiger partial charge in [-0.15, -0.1) is 11.3 Å². The minimum Gasteiger partial charge on any atom is -0.192 e. The molecule has 0 radical (unpaired) electrons. The Hall–Kier alpha value is -1.74. The second-order valence-corrected chi connectivity index (χ2v) is 7.14. The minimum atomic E-state index is 0.0860. The molecule has 0 aliphatic rings. The van der Waals surface area contributed by atoms with Crippen LogP contribution in [-0.4, -0.2) is 0 Å². The average Bonchev–Trinajstić information content (AvgIpc) is 2.78. The summed E-state index contributed by atoms with van der Waals surface area (Å²) in [7, 11) is 0. The third kappa shape index (κ3) is 3.42. The van der Waals surface area contributed by atoms with Gasteiger partial charge >= 0.3 is 0 Å². The number of benzene rings is 1. The van der Waals surface area contributed by atoms with Crippen molar-refractivity contribution in [2.75, 3.05) is 0 Å². The van der Waals surface area contributed by atoms with Crippen molar-refractivity contribution in [2.24, 2.45) is 0 Å². The van der Waals surface area contributed by atoms with Crippen molar-refractivity contribution < 1.29 is 0 Å². The predicted octanol–water partition coefficient (Wildman–Crippen LogP) is 4.97. The molecule has 1 aromatic carbocycles. The second kappa shape index (κ2) is 5.71. The van der Waals surface area contributed by atoms with E-state index in [1.54, 1.807) is 23.5 Å². The summed E-state index contributed by atoms with van der Waals surface area (Å²) in [6.45, 7) is 6.48. The van der Waals surface area contributed by atoms with Crippen LogP contribution in [0, 0.1) is 23.2 Å². The fraction of sp³-hybridized carbons (Fsp3) is 0.235. The van der Waals surface area contributed by atoms with Gasteiger partial charge in [-0.2, -0.15) is 5.26 Å². The van der Waals surface area contributed by atoms with Crippen LogP contribution in [-0.2, 0) is 5.41 Å². The number of halogens is 1. The summed E-state index contributed by atoms with van der Waals surface area (Å²) in [5, 5.41) is 8.75. The monoisotopic (exact) mass is 299 g/mol. The summed E-state index contributed by atoms with van der Waals surface area (Å²) < 4.78 is 0.732. The van der Waals surface area contributed by atoms with Crippen LogP contribution < -0.4 is 0 Å². The molecule has 0 amide bonds. The fourth-order valence-corrected chi connectivity index (χ4v) is 2.84. The quantitative estimate of drug-likeness (QED) is 0.630. The summed E-state index contributed by atoms with van der Waals surface area (Å²) in [4.78, 5) is 1.23. The van der Waals surface area contributed by atoms with E-state index in [1.807, 2.05) is 12.1 Å². The average molecular weight is 300 g/mol. The van der Waals surface area contributed by atoms with E-state index in [9.17, 15) is 0 Å². The molecular weight excluding hydrogens is 286 g/mol. The summed E-state index contributed by atoms with van der Waals surface area (Å²) in [5.41, 5.74) is 2.47. The SMILES string of the molecule is CC(C)(C)c1cc(C#Cc2ccc(C#N)cc2)c(Cl)s1. The van der Waals surface area contributed by atoms with Crippen LogP contribution in [0.3, 0.4) is 0 Å². The van der Waals surface area contributed by atoms with Crippen LogP contribution >= 0.6 is 22.9 Å². The predicted molar refractivity (Wildman–Crippen MR) is 85.2 cm³/mol. The Morgan fingerprint density at radius 3 is 2.15 bits per heavy atom. The van der Waals surface area contributed by atoms with E-state index in [-0.39, 0.29) is 5.41 Å². The zero-order valence-electron chi connectivity index (χ0n) is 11.6. The molecule has 1 nitrogen and oxygen atoms in total. The smallest absolute Gasteiger partial charge is 0.109 e. The van der Waals surface area contributed by atoms with E-state index < -0.39 is 0 Å². The Morgan fingerprint density at radius 2 is 1.65 bits per heavy atom. The van der Waals surface area contributed by atoms with Gasteiger partial charge < -0.3 is 0 Å². The van der Waals surface area contributed by atoms with Gasteiger partial charge in [-0.25, -0.2) is 0 Å². The van der Waals surface area contributed by atoms with Crippen LogP contribution in [0.4, 0.5) is 0 Å². The van der Waals surface area contributed by atoms with Crippen LogP contribution in [0.2, 0.25) is 4.34 Å². The first-order valence-electron chi connectivity index (χ1n) is 6.22. The minimum absolute atomic E-state index is 0.0860. The lowest BCUT2D eigenvalue weighted by Crippen LogP contribution is -2.07. The van der Waals surface area contributed by atoms with Crippen LogP contribution in [0.5, 0.6) is 0 Å². The summed E-state index contributed by atoms with van der Waals surface area (Å²) in [6.07, 6.45) is 0. The van der Waals surface area contributed by atoms with Gasteiger partial charge in [0.2, 0.25) is 0 Å². The first-order valence-corrected chi connectivity index (χ1v) is 7.41. The number of hydrogen-bond donors (Lipinski definition) is 0. The zero-order valence-corrected chi connectivity index (χ0v) is 13.2. The van der Waals surface area contributed by atoms with Crippen molar-refractivity contribution in [3.63, 3.8) is 0 Å². The Balaban J connectivity index is 2.29. The van der Waals surface area contributed by atoms with Crippen molar-refractivity contribution in [1.29, 1.82) is 5.26 Å². The lowest BCUT2D eigenvalue weighted by molar-refractivity contribution is 0.604. The maximum atomic E-state index is 8.75. The fourth-order valence-electron chi connectivity index (χ4n) is 1.59. The molecule has 1 aromatic heterocycles. The number of thiophene rings is 1. The van der Waals surface area contributed by atoms with Crippen LogP contribution in [0.25, 0.3) is 0 Å². The van der Waals surface area contributed by atoms with E-state index in [1.165, 1.54) is 4.88 Å². The maximum Gasteiger partial charge on any atom is 0.109 e. The Morgan fingerprint density at radius 1 is 1.05 bits per heavy atom. The molecule has 2 aromatic rings. The van der Waals surface area contributed by atoms with Gasteiger partial charge in [0, 0.05) is 10.4 Å². The standard InChI is InChI=1S/C17H14ClNS/c1-17(2,3)15-10-14(16(18)20-15)9-8-12-4-6-13(11-19)7-5-12/h4-7,10H,1-3H3. The summed E-state index contributed by atoms with van der Waals surface area (Å²) in [5.74, 6) is 6.19. The first-order chi connectivity index (χ1) is 9.40. The summed E-state index contributed by atoms with van der Waals surface area (Å²) in [6, 6.07) is 11.4. The van der Waals surface area contributed by atoms with Gasteiger partial charge in [0.25, 0.3) is 0 Å². The van der Waals surface area contributed by atoms with Gasteiger partial charge in [-0.05, 0) is 35.7 Å². The van der Waals surface area contributed by atoms with Crippen molar-refractivity contribution in [2.45, 2.75) is 26.2 Å². The number of nitriles is 1. The highest BCUT2D eigenvalue weighted by molar-refractivity contribution is 7.16. The molecule has 0 saturated carbocycles. The molecule has 0 atom stereocenters. The van der Waals surface area contributed by atoms with E-state index >= 15 is 0 Å². The molecule has 20 heavy (non-hydrogen) atoms. The van der Waals surface area contributed by atoms with Crippen molar-refractivity contribution in [3.8, 4) is 17.9 Å². The van der Waals surface area contributed by atoms with Gasteiger partial charge in [0.05, 0.1) is 17.2 Å². The molecule has 0 aliphatic heterocycles. The molecule has 2 rings (SSSR count). The normalized spacial score (nSPS) is 10.6. The molecule has 0 bridgehead atoms. The van der Waals surface area contributed by atoms with E-state index in [0.29, 0.717) is 5.56 Å². The Bertz CT molecular complexity index is 716. The maximum absolute atomic E-state index is 8.75.